The van der Waals surface area contributed by atoms with Crippen molar-refractivity contribution in [1.29, 1.82) is 0 Å². The molecule has 1 amide bonds. The third-order valence-corrected chi connectivity index (χ3v) is 3.46. The first-order valence-corrected chi connectivity index (χ1v) is 7.37. The third-order valence-electron chi connectivity index (χ3n) is 3.46. The summed E-state index contributed by atoms with van der Waals surface area (Å²) in [5.74, 6) is -1.37. The van der Waals surface area contributed by atoms with E-state index in [9.17, 15) is 14.0 Å². The SMILES string of the molecule is Cc1nn(CC(C)C)c(C)c1CCC(=O)NC(CF)C(=O)O. The van der Waals surface area contributed by atoms with Gasteiger partial charge in [0, 0.05) is 18.7 Å². The van der Waals surface area contributed by atoms with Gasteiger partial charge in [0.2, 0.25) is 5.91 Å². The number of nitrogens with zero attached hydrogens (tertiary/aromatic N) is 2. The van der Waals surface area contributed by atoms with Crippen molar-refractivity contribution >= 4 is 11.9 Å². The lowest BCUT2D eigenvalue weighted by atomic mass is 10.1. The summed E-state index contributed by atoms with van der Waals surface area (Å²) in [6, 6.07) is -1.47. The van der Waals surface area contributed by atoms with Gasteiger partial charge in [-0.05, 0) is 31.7 Å². The molecule has 0 radical (unpaired) electrons. The fourth-order valence-electron chi connectivity index (χ4n) is 2.29. The molecule has 1 rings (SSSR count). The lowest BCUT2D eigenvalue weighted by Gasteiger charge is -2.11. The highest BCUT2D eigenvalue weighted by molar-refractivity contribution is 5.83. The summed E-state index contributed by atoms with van der Waals surface area (Å²) >= 11 is 0. The molecule has 7 heteroatoms. The summed E-state index contributed by atoms with van der Waals surface area (Å²) < 4.78 is 14.4. The number of carbonyl (C=O) groups excluding carboxylic acids is 1. The predicted molar refractivity (Wildman–Crippen MR) is 80.4 cm³/mol. The summed E-state index contributed by atoms with van der Waals surface area (Å²) in [6.45, 7) is 7.74. The average Bonchev–Trinajstić information content (AvgIpc) is 2.67. The molecule has 124 valence electrons. The Morgan fingerprint density at radius 1 is 1.36 bits per heavy atom. The Hall–Kier alpha value is -1.92. The van der Waals surface area contributed by atoms with Crippen molar-refractivity contribution in [3.05, 3.63) is 17.0 Å². The fourth-order valence-corrected chi connectivity index (χ4v) is 2.29. The van der Waals surface area contributed by atoms with Crippen LogP contribution in [0.15, 0.2) is 0 Å². The molecule has 0 aliphatic carbocycles. The number of hydrogen-bond acceptors (Lipinski definition) is 3. The van der Waals surface area contributed by atoms with Crippen LogP contribution in [0.25, 0.3) is 0 Å². The van der Waals surface area contributed by atoms with Crippen molar-refractivity contribution in [3.8, 4) is 0 Å². The van der Waals surface area contributed by atoms with Crippen LogP contribution in [0.2, 0.25) is 0 Å². The zero-order chi connectivity index (χ0) is 16.9. The van der Waals surface area contributed by atoms with E-state index in [-0.39, 0.29) is 6.42 Å². The van der Waals surface area contributed by atoms with Gasteiger partial charge in [-0.2, -0.15) is 5.10 Å². The Balaban J connectivity index is 2.66. The van der Waals surface area contributed by atoms with E-state index in [0.717, 1.165) is 23.5 Å². The third kappa shape index (κ3) is 4.82. The molecule has 0 bridgehead atoms. The minimum Gasteiger partial charge on any atom is -0.480 e. The van der Waals surface area contributed by atoms with Gasteiger partial charge < -0.3 is 10.4 Å². The summed E-state index contributed by atoms with van der Waals surface area (Å²) in [5.41, 5.74) is 2.87. The second-order valence-electron chi connectivity index (χ2n) is 5.84. The molecule has 0 aliphatic rings. The lowest BCUT2D eigenvalue weighted by Crippen LogP contribution is -2.42. The van der Waals surface area contributed by atoms with Gasteiger partial charge in [0.25, 0.3) is 0 Å². The van der Waals surface area contributed by atoms with E-state index in [0.29, 0.717) is 12.3 Å². The van der Waals surface area contributed by atoms with Crippen LogP contribution >= 0.6 is 0 Å². The number of halogens is 1. The van der Waals surface area contributed by atoms with E-state index < -0.39 is 24.6 Å². The Kier molecular flexibility index (Phi) is 6.52. The van der Waals surface area contributed by atoms with E-state index in [1.165, 1.54) is 0 Å². The number of hydrogen-bond donors (Lipinski definition) is 2. The Morgan fingerprint density at radius 2 is 2.00 bits per heavy atom. The van der Waals surface area contributed by atoms with Gasteiger partial charge in [-0.25, -0.2) is 9.18 Å². The number of amides is 1. The summed E-state index contributed by atoms with van der Waals surface area (Å²) in [6.07, 6.45) is 0.569. The second-order valence-corrected chi connectivity index (χ2v) is 5.84. The summed E-state index contributed by atoms with van der Waals surface area (Å²) in [4.78, 5) is 22.4. The molecule has 0 spiro atoms. The van der Waals surface area contributed by atoms with Gasteiger partial charge in [-0.3, -0.25) is 9.48 Å². The summed E-state index contributed by atoms with van der Waals surface area (Å²) in [5, 5.41) is 15.4. The van der Waals surface area contributed by atoms with E-state index in [4.69, 9.17) is 5.11 Å². The highest BCUT2D eigenvalue weighted by Gasteiger charge is 2.20. The molecular weight excluding hydrogens is 289 g/mol. The molecular formula is C15H24FN3O3. The van der Waals surface area contributed by atoms with E-state index in [2.05, 4.69) is 24.3 Å². The highest BCUT2D eigenvalue weighted by atomic mass is 19.1. The molecule has 6 nitrogen and oxygen atoms in total. The van der Waals surface area contributed by atoms with Crippen LogP contribution in [-0.4, -0.2) is 39.5 Å². The predicted octanol–water partition coefficient (Wildman–Crippen LogP) is 1.63. The molecule has 1 aromatic heterocycles. The van der Waals surface area contributed by atoms with Crippen LogP contribution in [-0.2, 0) is 22.6 Å². The Morgan fingerprint density at radius 3 is 2.50 bits per heavy atom. The average molecular weight is 313 g/mol. The standard InChI is InChI=1S/C15H24FN3O3/c1-9(2)8-19-11(4)12(10(3)18-19)5-6-14(20)17-13(7-16)15(21)22/h9,13H,5-8H2,1-4H3,(H,17,20)(H,21,22). The number of carboxylic acids is 1. The zero-order valence-corrected chi connectivity index (χ0v) is 13.5. The van der Waals surface area contributed by atoms with E-state index in [1.54, 1.807) is 0 Å². The normalized spacial score (nSPS) is 12.5. The molecule has 0 saturated carbocycles. The number of carbonyl (C=O) groups is 2. The fraction of sp³-hybridized carbons (Fsp3) is 0.667. The number of aliphatic carboxylic acids is 1. The zero-order valence-electron chi connectivity index (χ0n) is 13.5. The summed E-state index contributed by atoms with van der Waals surface area (Å²) in [7, 11) is 0. The molecule has 0 fully saturated rings. The molecule has 1 unspecified atom stereocenters. The maximum absolute atomic E-state index is 12.5. The highest BCUT2D eigenvalue weighted by Crippen LogP contribution is 2.16. The quantitative estimate of drug-likeness (QED) is 0.764. The molecule has 0 saturated heterocycles. The number of rotatable bonds is 8. The minimum absolute atomic E-state index is 0.110. The van der Waals surface area contributed by atoms with Gasteiger partial charge in [0.05, 0.1) is 5.69 Å². The molecule has 2 N–H and O–H groups in total. The van der Waals surface area contributed by atoms with Gasteiger partial charge in [-0.15, -0.1) is 0 Å². The van der Waals surface area contributed by atoms with Crippen molar-refractivity contribution in [2.24, 2.45) is 5.92 Å². The van der Waals surface area contributed by atoms with Crippen molar-refractivity contribution in [1.82, 2.24) is 15.1 Å². The molecule has 0 aliphatic heterocycles. The topological polar surface area (TPSA) is 84.2 Å². The van der Waals surface area contributed by atoms with Crippen LogP contribution < -0.4 is 5.32 Å². The van der Waals surface area contributed by atoms with Crippen molar-refractivity contribution < 1.29 is 19.1 Å². The Bertz CT molecular complexity index is 540. The first kappa shape index (κ1) is 18.1. The van der Waals surface area contributed by atoms with Crippen LogP contribution in [0.4, 0.5) is 4.39 Å². The van der Waals surface area contributed by atoms with Gasteiger partial charge >= 0.3 is 5.97 Å². The van der Waals surface area contributed by atoms with E-state index in [1.807, 2.05) is 18.5 Å². The number of alkyl halides is 1. The van der Waals surface area contributed by atoms with E-state index >= 15 is 0 Å². The maximum Gasteiger partial charge on any atom is 0.328 e. The largest absolute Gasteiger partial charge is 0.480 e. The van der Waals surface area contributed by atoms with Crippen molar-refractivity contribution in [2.45, 2.75) is 53.1 Å². The molecule has 22 heavy (non-hydrogen) atoms. The van der Waals surface area contributed by atoms with Gasteiger partial charge in [-0.1, -0.05) is 13.8 Å². The first-order chi connectivity index (χ1) is 10.3. The number of carboxylic acid groups (broad SMARTS) is 1. The van der Waals surface area contributed by atoms with Crippen molar-refractivity contribution in [2.75, 3.05) is 6.67 Å². The lowest BCUT2D eigenvalue weighted by molar-refractivity contribution is -0.142. The first-order valence-electron chi connectivity index (χ1n) is 7.37. The van der Waals surface area contributed by atoms with Crippen LogP contribution in [0.5, 0.6) is 0 Å². The smallest absolute Gasteiger partial charge is 0.328 e. The minimum atomic E-state index is -1.47. The van der Waals surface area contributed by atoms with Gasteiger partial charge in [0.1, 0.15) is 6.67 Å². The molecule has 0 aromatic carbocycles. The number of aromatic nitrogens is 2. The molecule has 1 atom stereocenters. The number of aryl methyl sites for hydroxylation is 1. The van der Waals surface area contributed by atoms with Crippen LogP contribution in [0.1, 0.15) is 37.2 Å². The van der Waals surface area contributed by atoms with Gasteiger partial charge in [0.15, 0.2) is 6.04 Å². The van der Waals surface area contributed by atoms with Crippen molar-refractivity contribution in [3.63, 3.8) is 0 Å². The molecule has 1 heterocycles. The Labute approximate surface area is 129 Å². The molecule has 1 aromatic rings. The maximum atomic E-state index is 12.5. The van der Waals surface area contributed by atoms with Crippen LogP contribution in [0.3, 0.4) is 0 Å². The van der Waals surface area contributed by atoms with Crippen LogP contribution in [0, 0.1) is 19.8 Å². The monoisotopic (exact) mass is 313 g/mol. The number of nitrogens with one attached hydrogen (secondary N) is 1. The second kappa shape index (κ2) is 7.91.